The molecule has 0 aromatic heterocycles. The minimum Gasteiger partial charge on any atom is -0.369 e. The molecule has 120 valence electrons. The van der Waals surface area contributed by atoms with Gasteiger partial charge in [-0.15, -0.1) is 11.8 Å². The lowest BCUT2D eigenvalue weighted by Crippen LogP contribution is -2.54. The zero-order valence-electron chi connectivity index (χ0n) is 13.0. The average Bonchev–Trinajstić information content (AvgIpc) is 2.47. The van der Waals surface area contributed by atoms with Gasteiger partial charge in [-0.2, -0.15) is 0 Å². The molecule has 1 heterocycles. The van der Waals surface area contributed by atoms with Crippen molar-refractivity contribution in [3.05, 3.63) is 29.8 Å². The van der Waals surface area contributed by atoms with E-state index in [-0.39, 0.29) is 23.1 Å². The molecule has 1 atom stereocenters. The predicted molar refractivity (Wildman–Crippen MR) is 88.6 cm³/mol. The van der Waals surface area contributed by atoms with Crippen LogP contribution in [0.2, 0.25) is 0 Å². The lowest BCUT2D eigenvalue weighted by atomic mass is 9.79. The molecule has 1 aromatic carbocycles. The zero-order valence-corrected chi connectivity index (χ0v) is 13.9. The third-order valence-electron chi connectivity index (χ3n) is 4.09. The van der Waals surface area contributed by atoms with Crippen molar-refractivity contribution in [1.82, 2.24) is 4.90 Å². The quantitative estimate of drug-likeness (QED) is 0.822. The van der Waals surface area contributed by atoms with Gasteiger partial charge in [0.15, 0.2) is 0 Å². The van der Waals surface area contributed by atoms with Gasteiger partial charge in [0.05, 0.1) is 11.3 Å². The van der Waals surface area contributed by atoms with E-state index < -0.39 is 5.91 Å². The maximum Gasteiger partial charge on any atom is 0.255 e. The monoisotopic (exact) mass is 321 g/mol. The van der Waals surface area contributed by atoms with Crippen molar-refractivity contribution in [2.75, 3.05) is 18.8 Å². The van der Waals surface area contributed by atoms with Crippen molar-refractivity contribution in [2.24, 2.45) is 16.9 Å². The highest BCUT2D eigenvalue weighted by atomic mass is 32.2. The molecule has 1 saturated heterocycles. The molecule has 1 aliphatic heterocycles. The number of hydrogen-bond acceptors (Lipinski definition) is 4. The van der Waals surface area contributed by atoms with E-state index in [1.54, 1.807) is 6.07 Å². The summed E-state index contributed by atoms with van der Waals surface area (Å²) in [5, 5.41) is 0. The van der Waals surface area contributed by atoms with Gasteiger partial charge in [-0.05, 0) is 24.0 Å². The van der Waals surface area contributed by atoms with Gasteiger partial charge < -0.3 is 16.4 Å². The molecular formula is C16H23N3O2S. The zero-order chi connectivity index (χ0) is 16.3. The highest BCUT2D eigenvalue weighted by molar-refractivity contribution is 8.00. The molecule has 2 rings (SSSR count). The Kier molecular flexibility index (Phi) is 5.13. The Balaban J connectivity index is 2.17. The van der Waals surface area contributed by atoms with Gasteiger partial charge in [-0.3, -0.25) is 9.59 Å². The number of amides is 2. The fourth-order valence-corrected chi connectivity index (χ4v) is 3.42. The Morgan fingerprint density at radius 2 is 2.05 bits per heavy atom. The number of carbonyl (C=O) groups is 2. The highest BCUT2D eigenvalue weighted by Crippen LogP contribution is 2.30. The average molecular weight is 321 g/mol. The Morgan fingerprint density at radius 3 is 2.68 bits per heavy atom. The molecule has 1 aromatic rings. The standard InChI is InChI=1S/C16H23N3O2S/c1-16(2)10-19(8-7-13(16)17)15(21)11-5-3-4-6-12(11)22-9-14(18)20/h3-6,13H,7-10,17H2,1-2H3,(H2,18,20). The third-order valence-corrected chi connectivity index (χ3v) is 5.18. The van der Waals surface area contributed by atoms with Crippen molar-refractivity contribution in [3.8, 4) is 0 Å². The summed E-state index contributed by atoms with van der Waals surface area (Å²) in [4.78, 5) is 26.4. The first kappa shape index (κ1) is 16.8. The summed E-state index contributed by atoms with van der Waals surface area (Å²) < 4.78 is 0. The van der Waals surface area contributed by atoms with E-state index in [2.05, 4.69) is 13.8 Å². The summed E-state index contributed by atoms with van der Waals surface area (Å²) in [6, 6.07) is 7.45. The van der Waals surface area contributed by atoms with Gasteiger partial charge in [-0.25, -0.2) is 0 Å². The molecule has 1 fully saturated rings. The number of likely N-dealkylation sites (tertiary alicyclic amines) is 1. The number of piperidine rings is 1. The number of primary amides is 1. The first-order valence-electron chi connectivity index (χ1n) is 7.36. The molecule has 5 nitrogen and oxygen atoms in total. The third kappa shape index (κ3) is 3.81. The van der Waals surface area contributed by atoms with Gasteiger partial charge in [0.25, 0.3) is 5.91 Å². The van der Waals surface area contributed by atoms with Crippen molar-refractivity contribution in [3.63, 3.8) is 0 Å². The normalized spacial score (nSPS) is 20.7. The topological polar surface area (TPSA) is 89.4 Å². The molecule has 0 saturated carbocycles. The maximum absolute atomic E-state index is 12.8. The number of hydrogen-bond donors (Lipinski definition) is 2. The molecule has 0 bridgehead atoms. The van der Waals surface area contributed by atoms with Crippen LogP contribution in [0.25, 0.3) is 0 Å². The summed E-state index contributed by atoms with van der Waals surface area (Å²) in [6.45, 7) is 5.48. The first-order chi connectivity index (χ1) is 10.3. The molecule has 4 N–H and O–H groups in total. The van der Waals surface area contributed by atoms with Crippen LogP contribution in [0.3, 0.4) is 0 Å². The second kappa shape index (κ2) is 6.71. The minimum atomic E-state index is -0.391. The van der Waals surface area contributed by atoms with Crippen LogP contribution in [0.15, 0.2) is 29.2 Å². The molecule has 2 amide bonds. The predicted octanol–water partition coefficient (Wildman–Crippen LogP) is 1.46. The largest absolute Gasteiger partial charge is 0.369 e. The second-order valence-corrected chi connectivity index (χ2v) is 7.38. The lowest BCUT2D eigenvalue weighted by Gasteiger charge is -2.42. The fraction of sp³-hybridized carbons (Fsp3) is 0.500. The van der Waals surface area contributed by atoms with Crippen molar-refractivity contribution < 1.29 is 9.59 Å². The number of carbonyl (C=O) groups excluding carboxylic acids is 2. The Bertz CT molecular complexity index is 574. The summed E-state index contributed by atoms with van der Waals surface area (Å²) in [5.41, 5.74) is 11.9. The van der Waals surface area contributed by atoms with E-state index in [1.165, 1.54) is 11.8 Å². The molecule has 0 spiro atoms. The van der Waals surface area contributed by atoms with Crippen LogP contribution in [-0.2, 0) is 4.79 Å². The lowest BCUT2D eigenvalue weighted by molar-refractivity contribution is -0.115. The van der Waals surface area contributed by atoms with Crippen LogP contribution >= 0.6 is 11.8 Å². The smallest absolute Gasteiger partial charge is 0.255 e. The second-order valence-electron chi connectivity index (χ2n) is 6.36. The molecular weight excluding hydrogens is 298 g/mol. The van der Waals surface area contributed by atoms with Crippen LogP contribution in [0.1, 0.15) is 30.6 Å². The van der Waals surface area contributed by atoms with Gasteiger partial charge in [0.2, 0.25) is 5.91 Å². The highest BCUT2D eigenvalue weighted by Gasteiger charge is 2.35. The Labute approximate surface area is 135 Å². The summed E-state index contributed by atoms with van der Waals surface area (Å²) >= 11 is 1.30. The number of benzene rings is 1. The Hall–Kier alpha value is -1.53. The number of thioether (sulfide) groups is 1. The van der Waals surface area contributed by atoms with Crippen LogP contribution in [-0.4, -0.2) is 41.6 Å². The van der Waals surface area contributed by atoms with Gasteiger partial charge in [-0.1, -0.05) is 26.0 Å². The van der Waals surface area contributed by atoms with Gasteiger partial charge in [0, 0.05) is 24.0 Å². The summed E-state index contributed by atoms with van der Waals surface area (Å²) in [5.74, 6) is -0.231. The van der Waals surface area contributed by atoms with E-state index in [9.17, 15) is 9.59 Å². The molecule has 6 heteroatoms. The number of rotatable bonds is 4. The number of nitrogens with zero attached hydrogens (tertiary/aromatic N) is 1. The van der Waals surface area contributed by atoms with E-state index in [0.29, 0.717) is 18.7 Å². The van der Waals surface area contributed by atoms with Crippen LogP contribution in [0.4, 0.5) is 0 Å². The van der Waals surface area contributed by atoms with Crippen molar-refractivity contribution >= 4 is 23.6 Å². The van der Waals surface area contributed by atoms with Gasteiger partial charge in [0.1, 0.15) is 0 Å². The van der Waals surface area contributed by atoms with E-state index in [4.69, 9.17) is 11.5 Å². The Morgan fingerprint density at radius 1 is 1.36 bits per heavy atom. The molecule has 1 aliphatic rings. The van der Waals surface area contributed by atoms with Crippen LogP contribution in [0.5, 0.6) is 0 Å². The summed E-state index contributed by atoms with van der Waals surface area (Å²) in [6.07, 6.45) is 0.801. The molecule has 0 aliphatic carbocycles. The fourth-order valence-electron chi connectivity index (χ4n) is 2.64. The van der Waals surface area contributed by atoms with Crippen LogP contribution in [0, 0.1) is 5.41 Å². The summed E-state index contributed by atoms with van der Waals surface area (Å²) in [7, 11) is 0. The number of nitrogens with two attached hydrogens (primary N) is 2. The van der Waals surface area contributed by atoms with E-state index in [1.807, 2.05) is 23.1 Å². The van der Waals surface area contributed by atoms with E-state index >= 15 is 0 Å². The first-order valence-corrected chi connectivity index (χ1v) is 8.35. The van der Waals surface area contributed by atoms with Crippen molar-refractivity contribution in [1.29, 1.82) is 0 Å². The van der Waals surface area contributed by atoms with Crippen LogP contribution < -0.4 is 11.5 Å². The van der Waals surface area contributed by atoms with Crippen molar-refractivity contribution in [2.45, 2.75) is 31.2 Å². The molecule has 0 radical (unpaired) electrons. The maximum atomic E-state index is 12.8. The minimum absolute atomic E-state index is 0.00690. The molecule has 1 unspecified atom stereocenters. The van der Waals surface area contributed by atoms with E-state index in [0.717, 1.165) is 11.3 Å². The molecule has 22 heavy (non-hydrogen) atoms. The van der Waals surface area contributed by atoms with Gasteiger partial charge >= 0.3 is 0 Å². The SMILES string of the molecule is CC1(C)CN(C(=O)c2ccccc2SCC(N)=O)CCC1N.